The fraction of sp³-hybridized carbons (Fsp3) is 0.167. The Bertz CT molecular complexity index is 595. The minimum absolute atomic E-state index is 0.0285. The maximum absolute atomic E-state index is 12.8. The van der Waals surface area contributed by atoms with Gasteiger partial charge in [-0.1, -0.05) is 49.5 Å². The van der Waals surface area contributed by atoms with Crippen molar-refractivity contribution in [2.75, 3.05) is 0 Å². The number of hydrogen-bond acceptors (Lipinski definition) is 1. The fourth-order valence-corrected chi connectivity index (χ4v) is 4.18. The van der Waals surface area contributed by atoms with Gasteiger partial charge < -0.3 is 0 Å². The van der Waals surface area contributed by atoms with Crippen LogP contribution in [-0.2, 0) is 6.18 Å². The minimum atomic E-state index is -4.39. The molecule has 1 atom stereocenters. The van der Waals surface area contributed by atoms with E-state index in [9.17, 15) is 13.2 Å². The zero-order valence-electron chi connectivity index (χ0n) is 9.14. The summed E-state index contributed by atoms with van der Waals surface area (Å²) in [6.45, 7) is 0. The number of thiophene rings is 1. The van der Waals surface area contributed by atoms with Gasteiger partial charge in [-0.2, -0.15) is 13.2 Å². The van der Waals surface area contributed by atoms with Gasteiger partial charge in [0, 0.05) is 9.35 Å². The molecule has 0 nitrogen and oxygen atoms in total. The summed E-state index contributed by atoms with van der Waals surface area (Å²) in [6, 6.07) is 5.88. The normalized spacial score (nSPS) is 13.6. The van der Waals surface area contributed by atoms with Crippen LogP contribution in [0.5, 0.6) is 0 Å². The lowest BCUT2D eigenvalue weighted by atomic mass is 10.1. The van der Waals surface area contributed by atoms with Crippen molar-refractivity contribution in [2.45, 2.75) is 11.0 Å². The van der Waals surface area contributed by atoms with Crippen LogP contribution >= 0.6 is 54.8 Å². The first-order chi connectivity index (χ1) is 8.80. The standard InChI is InChI=1S/C12H6Br2ClF3S/c13-8-2-1-6(5-7(8)12(16,17)18)10(14)11-9(15)3-4-19-11/h1-5,10H. The molecular weight excluding hydrogens is 428 g/mol. The lowest BCUT2D eigenvalue weighted by molar-refractivity contribution is -0.138. The molecule has 0 spiro atoms. The first kappa shape index (κ1) is 15.4. The molecule has 0 saturated heterocycles. The quantitative estimate of drug-likeness (QED) is 0.463. The highest BCUT2D eigenvalue weighted by molar-refractivity contribution is 9.10. The maximum Gasteiger partial charge on any atom is 0.417 e. The largest absolute Gasteiger partial charge is 0.417 e. The van der Waals surface area contributed by atoms with Crippen LogP contribution in [0.15, 0.2) is 34.1 Å². The molecule has 1 aromatic carbocycles. The highest BCUT2D eigenvalue weighted by Gasteiger charge is 2.33. The molecule has 1 aromatic heterocycles. The van der Waals surface area contributed by atoms with Gasteiger partial charge in [0.2, 0.25) is 0 Å². The third-order valence-electron chi connectivity index (χ3n) is 2.46. The molecule has 0 aliphatic heterocycles. The van der Waals surface area contributed by atoms with Crippen LogP contribution in [0.3, 0.4) is 0 Å². The molecule has 1 unspecified atom stereocenters. The van der Waals surface area contributed by atoms with Gasteiger partial charge in [0.05, 0.1) is 15.4 Å². The third-order valence-corrected chi connectivity index (χ3v) is 5.87. The van der Waals surface area contributed by atoms with E-state index < -0.39 is 11.7 Å². The highest BCUT2D eigenvalue weighted by Crippen LogP contribution is 2.42. The van der Waals surface area contributed by atoms with Gasteiger partial charge in [0.25, 0.3) is 0 Å². The zero-order valence-corrected chi connectivity index (χ0v) is 13.9. The van der Waals surface area contributed by atoms with Crippen LogP contribution in [0.1, 0.15) is 20.8 Å². The van der Waals surface area contributed by atoms with Crippen LogP contribution in [0, 0.1) is 0 Å². The molecule has 0 saturated carbocycles. The summed E-state index contributed by atoms with van der Waals surface area (Å²) in [6.07, 6.45) is -4.39. The molecule has 2 aromatic rings. The minimum Gasteiger partial charge on any atom is -0.166 e. The Balaban J connectivity index is 2.44. The number of benzene rings is 1. The number of rotatable bonds is 2. The fourth-order valence-electron chi connectivity index (χ4n) is 1.56. The van der Waals surface area contributed by atoms with E-state index >= 15 is 0 Å². The first-order valence-corrected chi connectivity index (χ1v) is 8.01. The molecule has 0 radical (unpaired) electrons. The molecular formula is C12H6Br2ClF3S. The molecule has 19 heavy (non-hydrogen) atoms. The second kappa shape index (κ2) is 5.76. The SMILES string of the molecule is FC(F)(F)c1cc(C(Br)c2sccc2Cl)ccc1Br. The second-order valence-corrected chi connectivity index (χ2v) is 6.86. The van der Waals surface area contributed by atoms with Crippen molar-refractivity contribution >= 4 is 54.8 Å². The van der Waals surface area contributed by atoms with E-state index in [1.165, 1.54) is 17.4 Å². The molecule has 0 amide bonds. The predicted molar refractivity (Wildman–Crippen MR) is 79.2 cm³/mol. The molecule has 0 bridgehead atoms. The number of halogens is 6. The Morgan fingerprint density at radius 1 is 1.21 bits per heavy atom. The summed E-state index contributed by atoms with van der Waals surface area (Å²) < 4.78 is 38.6. The van der Waals surface area contributed by atoms with Gasteiger partial charge in [-0.05, 0) is 29.1 Å². The highest BCUT2D eigenvalue weighted by atomic mass is 79.9. The zero-order chi connectivity index (χ0) is 14.2. The van der Waals surface area contributed by atoms with Crippen molar-refractivity contribution in [1.82, 2.24) is 0 Å². The van der Waals surface area contributed by atoms with Crippen molar-refractivity contribution in [3.8, 4) is 0 Å². The Morgan fingerprint density at radius 3 is 2.42 bits per heavy atom. The number of alkyl halides is 4. The van der Waals surface area contributed by atoms with E-state index in [0.29, 0.717) is 10.6 Å². The molecule has 7 heteroatoms. The average Bonchev–Trinajstić information content (AvgIpc) is 2.73. The number of hydrogen-bond donors (Lipinski definition) is 0. The van der Waals surface area contributed by atoms with Crippen molar-refractivity contribution in [3.05, 3.63) is 55.1 Å². The lowest BCUT2D eigenvalue weighted by Crippen LogP contribution is -2.07. The molecule has 0 aliphatic rings. The smallest absolute Gasteiger partial charge is 0.166 e. The Kier molecular flexibility index (Phi) is 4.65. The maximum atomic E-state index is 12.8. The Hall–Kier alpha value is -0.0400. The van der Waals surface area contributed by atoms with E-state index in [1.54, 1.807) is 17.5 Å². The van der Waals surface area contributed by atoms with Gasteiger partial charge in [0.1, 0.15) is 0 Å². The molecule has 0 N–H and O–H groups in total. The van der Waals surface area contributed by atoms with Crippen LogP contribution in [0.2, 0.25) is 5.02 Å². The summed E-state index contributed by atoms with van der Waals surface area (Å²) in [5.74, 6) is 0. The molecule has 102 valence electrons. The Morgan fingerprint density at radius 2 is 1.89 bits per heavy atom. The summed E-state index contributed by atoms with van der Waals surface area (Å²) >= 11 is 13.7. The van der Waals surface area contributed by atoms with E-state index in [0.717, 1.165) is 10.9 Å². The van der Waals surface area contributed by atoms with Crippen LogP contribution in [0.25, 0.3) is 0 Å². The second-order valence-electron chi connectivity index (χ2n) is 3.73. The van der Waals surface area contributed by atoms with E-state index in [2.05, 4.69) is 31.9 Å². The molecule has 0 fully saturated rings. The van der Waals surface area contributed by atoms with Crippen LogP contribution < -0.4 is 0 Å². The topological polar surface area (TPSA) is 0 Å². The van der Waals surface area contributed by atoms with Crippen molar-refractivity contribution < 1.29 is 13.2 Å². The van der Waals surface area contributed by atoms with Crippen molar-refractivity contribution in [1.29, 1.82) is 0 Å². The van der Waals surface area contributed by atoms with Crippen molar-refractivity contribution in [3.63, 3.8) is 0 Å². The van der Waals surface area contributed by atoms with Crippen LogP contribution in [-0.4, -0.2) is 0 Å². The van der Waals surface area contributed by atoms with E-state index in [1.807, 2.05) is 0 Å². The Labute approximate surface area is 133 Å². The van der Waals surface area contributed by atoms with Gasteiger partial charge >= 0.3 is 6.18 Å². The first-order valence-electron chi connectivity index (χ1n) is 5.04. The van der Waals surface area contributed by atoms with Gasteiger partial charge in [-0.15, -0.1) is 11.3 Å². The van der Waals surface area contributed by atoms with E-state index in [4.69, 9.17) is 11.6 Å². The predicted octanol–water partition coefficient (Wildman–Crippen LogP) is 6.67. The summed E-state index contributed by atoms with van der Waals surface area (Å²) in [7, 11) is 0. The van der Waals surface area contributed by atoms with Crippen LogP contribution in [0.4, 0.5) is 13.2 Å². The monoisotopic (exact) mass is 432 g/mol. The molecule has 1 heterocycles. The summed E-state index contributed by atoms with van der Waals surface area (Å²) in [4.78, 5) is 0.436. The third kappa shape index (κ3) is 3.35. The summed E-state index contributed by atoms with van der Waals surface area (Å²) in [5, 5.41) is 2.35. The molecule has 0 aliphatic carbocycles. The van der Waals surface area contributed by atoms with E-state index in [-0.39, 0.29) is 9.30 Å². The lowest BCUT2D eigenvalue weighted by Gasteiger charge is -2.14. The molecule has 2 rings (SSSR count). The average molecular weight is 435 g/mol. The van der Waals surface area contributed by atoms with Gasteiger partial charge in [-0.25, -0.2) is 0 Å². The summed E-state index contributed by atoms with van der Waals surface area (Å²) in [5.41, 5.74) is -0.179. The van der Waals surface area contributed by atoms with Crippen molar-refractivity contribution in [2.24, 2.45) is 0 Å². The van der Waals surface area contributed by atoms with Gasteiger partial charge in [-0.3, -0.25) is 0 Å². The van der Waals surface area contributed by atoms with Gasteiger partial charge in [0.15, 0.2) is 0 Å².